The van der Waals surface area contributed by atoms with Crippen molar-refractivity contribution in [3.63, 3.8) is 0 Å². The number of anilines is 1. The number of nitrogens with two attached hydrogens (primary N) is 1. The first-order valence-corrected chi connectivity index (χ1v) is 7.53. The van der Waals surface area contributed by atoms with Gasteiger partial charge in [-0.15, -0.1) is 0 Å². The third-order valence-electron chi connectivity index (χ3n) is 2.99. The topological polar surface area (TPSA) is 70.3 Å². The van der Waals surface area contributed by atoms with Gasteiger partial charge in [0.25, 0.3) is 0 Å². The minimum absolute atomic E-state index is 0.140. The Morgan fingerprint density at radius 3 is 2.70 bits per heavy atom. The monoisotopic (exact) mass is 281 g/mol. The van der Waals surface area contributed by atoms with E-state index >= 15 is 0 Å². The van der Waals surface area contributed by atoms with Gasteiger partial charge in [-0.05, 0) is 26.7 Å². The maximum Gasteiger partial charge on any atom is 0.219 e. The molecule has 114 valence electrons. The number of hydrogen-bond donors (Lipinski definition) is 1. The van der Waals surface area contributed by atoms with Crippen molar-refractivity contribution in [2.75, 3.05) is 12.3 Å². The highest BCUT2D eigenvalue weighted by molar-refractivity contribution is 5.32. The van der Waals surface area contributed by atoms with Gasteiger partial charge in [0, 0.05) is 12.7 Å². The van der Waals surface area contributed by atoms with Gasteiger partial charge in [-0.1, -0.05) is 26.2 Å². The van der Waals surface area contributed by atoms with Crippen LogP contribution >= 0.6 is 0 Å². The number of hydrogen-bond acceptors (Lipinski definition) is 5. The minimum atomic E-state index is 0.140. The van der Waals surface area contributed by atoms with Crippen LogP contribution in [0.15, 0.2) is 6.07 Å². The molecule has 0 spiro atoms. The lowest BCUT2D eigenvalue weighted by Crippen LogP contribution is -2.14. The molecule has 5 nitrogen and oxygen atoms in total. The Labute approximate surface area is 121 Å². The highest BCUT2D eigenvalue weighted by Gasteiger charge is 2.08. The van der Waals surface area contributed by atoms with Gasteiger partial charge < -0.3 is 15.2 Å². The second-order valence-electron chi connectivity index (χ2n) is 4.96. The number of nitrogens with zero attached hydrogens (tertiary/aromatic N) is 2. The molecular formula is C15H27N3O2. The van der Waals surface area contributed by atoms with Crippen molar-refractivity contribution in [1.29, 1.82) is 0 Å². The number of nitrogen functional groups attached to an aromatic ring is 1. The largest absolute Gasteiger partial charge is 0.475 e. The molecule has 0 aliphatic heterocycles. The number of unbranched alkanes of at least 4 members (excludes halogenated alkanes) is 3. The molecule has 1 aromatic rings. The molecule has 1 rings (SSSR count). The summed E-state index contributed by atoms with van der Waals surface area (Å²) in [7, 11) is 0. The molecule has 1 atom stereocenters. The van der Waals surface area contributed by atoms with Crippen molar-refractivity contribution < 1.29 is 9.47 Å². The maximum atomic E-state index is 5.81. The second-order valence-corrected chi connectivity index (χ2v) is 4.96. The van der Waals surface area contributed by atoms with Crippen molar-refractivity contribution in [2.24, 2.45) is 0 Å². The molecule has 0 fully saturated rings. The summed E-state index contributed by atoms with van der Waals surface area (Å²) in [5.41, 5.74) is 5.76. The molecule has 1 aromatic heterocycles. The molecule has 0 aromatic carbocycles. The molecule has 0 amide bonds. The van der Waals surface area contributed by atoms with E-state index in [9.17, 15) is 0 Å². The highest BCUT2D eigenvalue weighted by Crippen LogP contribution is 2.16. The lowest BCUT2D eigenvalue weighted by molar-refractivity contribution is 0.126. The molecular weight excluding hydrogens is 254 g/mol. The standard InChI is InChI=1S/C15H27N3O2/c1-4-6-7-8-9-12(3)20-15-10-13(16)17-14(18-15)11-19-5-2/h10,12H,4-9,11H2,1-3H3,(H2,16,17,18). The van der Waals surface area contributed by atoms with Crippen molar-refractivity contribution in [1.82, 2.24) is 9.97 Å². The fourth-order valence-corrected chi connectivity index (χ4v) is 1.93. The Bertz CT molecular complexity index is 385. The van der Waals surface area contributed by atoms with Gasteiger partial charge in [0.05, 0.1) is 6.10 Å². The lowest BCUT2D eigenvalue weighted by Gasteiger charge is -2.14. The van der Waals surface area contributed by atoms with Gasteiger partial charge in [0.2, 0.25) is 5.88 Å². The number of rotatable bonds is 10. The van der Waals surface area contributed by atoms with E-state index in [1.807, 2.05) is 6.92 Å². The quantitative estimate of drug-likeness (QED) is 0.666. The fraction of sp³-hybridized carbons (Fsp3) is 0.733. The summed E-state index contributed by atoms with van der Waals surface area (Å²) in [5.74, 6) is 1.53. The first-order chi connectivity index (χ1) is 9.65. The molecule has 1 unspecified atom stereocenters. The fourth-order valence-electron chi connectivity index (χ4n) is 1.93. The van der Waals surface area contributed by atoms with E-state index in [2.05, 4.69) is 23.8 Å². The second kappa shape index (κ2) is 9.53. The third kappa shape index (κ3) is 6.70. The van der Waals surface area contributed by atoms with Crippen LogP contribution in [-0.4, -0.2) is 22.7 Å². The summed E-state index contributed by atoms with van der Waals surface area (Å²) in [5, 5.41) is 0. The zero-order valence-corrected chi connectivity index (χ0v) is 12.9. The van der Waals surface area contributed by atoms with Crippen molar-refractivity contribution in [3.8, 4) is 5.88 Å². The first-order valence-electron chi connectivity index (χ1n) is 7.53. The lowest BCUT2D eigenvalue weighted by atomic mass is 10.1. The van der Waals surface area contributed by atoms with Crippen LogP contribution in [-0.2, 0) is 11.3 Å². The van der Waals surface area contributed by atoms with Crippen LogP contribution in [0.4, 0.5) is 5.82 Å². The molecule has 0 aliphatic rings. The average molecular weight is 281 g/mol. The summed E-state index contributed by atoms with van der Waals surface area (Å²) in [6, 6.07) is 1.66. The Balaban J connectivity index is 2.47. The van der Waals surface area contributed by atoms with Gasteiger partial charge in [0.15, 0.2) is 5.82 Å². The van der Waals surface area contributed by atoms with Gasteiger partial charge in [0.1, 0.15) is 12.4 Å². The van der Waals surface area contributed by atoms with Crippen LogP contribution in [0.2, 0.25) is 0 Å². The third-order valence-corrected chi connectivity index (χ3v) is 2.99. The highest BCUT2D eigenvalue weighted by atomic mass is 16.5. The van der Waals surface area contributed by atoms with E-state index in [0.717, 1.165) is 6.42 Å². The van der Waals surface area contributed by atoms with Crippen LogP contribution < -0.4 is 10.5 Å². The Morgan fingerprint density at radius 2 is 2.00 bits per heavy atom. The summed E-state index contributed by atoms with van der Waals surface area (Å²) < 4.78 is 11.1. The zero-order chi connectivity index (χ0) is 14.8. The van der Waals surface area contributed by atoms with Gasteiger partial charge >= 0.3 is 0 Å². The molecule has 5 heteroatoms. The van der Waals surface area contributed by atoms with E-state index in [-0.39, 0.29) is 6.10 Å². The van der Waals surface area contributed by atoms with Crippen LogP contribution in [0, 0.1) is 0 Å². The Kier molecular flexibility index (Phi) is 7.95. The van der Waals surface area contributed by atoms with Crippen molar-refractivity contribution in [3.05, 3.63) is 11.9 Å². The molecule has 0 radical (unpaired) electrons. The molecule has 0 saturated heterocycles. The Hall–Kier alpha value is -1.36. The van der Waals surface area contributed by atoms with Gasteiger partial charge in [-0.2, -0.15) is 4.98 Å². The van der Waals surface area contributed by atoms with Crippen LogP contribution in [0.25, 0.3) is 0 Å². The predicted molar refractivity (Wildman–Crippen MR) is 80.6 cm³/mol. The SMILES string of the molecule is CCCCCCC(C)Oc1cc(N)nc(COCC)n1. The summed E-state index contributed by atoms with van der Waals surface area (Å²) in [4.78, 5) is 8.44. The van der Waals surface area contributed by atoms with Crippen molar-refractivity contribution in [2.45, 2.75) is 65.6 Å². The Morgan fingerprint density at radius 1 is 1.20 bits per heavy atom. The van der Waals surface area contributed by atoms with E-state index in [1.165, 1.54) is 25.7 Å². The van der Waals surface area contributed by atoms with E-state index < -0.39 is 0 Å². The summed E-state index contributed by atoms with van der Waals surface area (Å²) in [6.07, 6.45) is 6.14. The van der Waals surface area contributed by atoms with E-state index in [4.69, 9.17) is 15.2 Å². The smallest absolute Gasteiger partial charge is 0.219 e. The molecule has 20 heavy (non-hydrogen) atoms. The predicted octanol–water partition coefficient (Wildman–Crippen LogP) is 3.33. The maximum absolute atomic E-state index is 5.81. The normalized spacial score (nSPS) is 12.3. The molecule has 0 saturated carbocycles. The minimum Gasteiger partial charge on any atom is -0.475 e. The van der Waals surface area contributed by atoms with E-state index in [0.29, 0.717) is 30.7 Å². The molecule has 0 aliphatic carbocycles. The summed E-state index contributed by atoms with van der Waals surface area (Å²) in [6.45, 7) is 7.20. The van der Waals surface area contributed by atoms with Crippen LogP contribution in [0.1, 0.15) is 58.7 Å². The van der Waals surface area contributed by atoms with Gasteiger partial charge in [-0.25, -0.2) is 4.98 Å². The number of ether oxygens (including phenoxy) is 2. The summed E-state index contributed by atoms with van der Waals surface area (Å²) >= 11 is 0. The zero-order valence-electron chi connectivity index (χ0n) is 12.9. The molecule has 0 bridgehead atoms. The number of aromatic nitrogens is 2. The first kappa shape index (κ1) is 16.7. The van der Waals surface area contributed by atoms with Crippen LogP contribution in [0.3, 0.4) is 0 Å². The molecule has 1 heterocycles. The average Bonchev–Trinajstić information content (AvgIpc) is 2.41. The van der Waals surface area contributed by atoms with Crippen molar-refractivity contribution >= 4 is 5.82 Å². The van der Waals surface area contributed by atoms with E-state index in [1.54, 1.807) is 6.07 Å². The molecule has 2 N–H and O–H groups in total. The van der Waals surface area contributed by atoms with Gasteiger partial charge in [-0.3, -0.25) is 0 Å². The van der Waals surface area contributed by atoms with Crippen LogP contribution in [0.5, 0.6) is 5.88 Å².